The summed E-state index contributed by atoms with van der Waals surface area (Å²) in [5.74, 6) is -0.412. The molecule has 0 radical (unpaired) electrons. The van der Waals surface area contributed by atoms with Gasteiger partial charge in [-0.25, -0.2) is 4.98 Å². The van der Waals surface area contributed by atoms with Crippen molar-refractivity contribution in [3.8, 4) is 17.0 Å². The zero-order valence-electron chi connectivity index (χ0n) is 13.1. The fourth-order valence-electron chi connectivity index (χ4n) is 2.75. The van der Waals surface area contributed by atoms with Crippen molar-refractivity contribution >= 4 is 62.9 Å². The van der Waals surface area contributed by atoms with Crippen molar-refractivity contribution in [3.05, 3.63) is 56.9 Å². The van der Waals surface area contributed by atoms with Crippen LogP contribution in [0, 0.1) is 0 Å². The van der Waals surface area contributed by atoms with Gasteiger partial charge in [-0.15, -0.1) is 11.3 Å². The summed E-state index contributed by atoms with van der Waals surface area (Å²) in [4.78, 5) is 16.7. The van der Waals surface area contributed by atoms with Gasteiger partial charge in [0.25, 0.3) is 5.91 Å². The van der Waals surface area contributed by atoms with Crippen LogP contribution in [0.15, 0.2) is 35.7 Å². The summed E-state index contributed by atoms with van der Waals surface area (Å²) in [5, 5.41) is 15.1. The standard InChI is InChI=1S/C18H11Cl2N3O2S/c19-12-4-8(5-13(20)16(12)24)3-11-10-6-9(15-7-26-18(21)23-15)1-2-14(10)22-17(11)25/h1-7,24H,(H2,21,23)(H,22,25)/b11-3-. The van der Waals surface area contributed by atoms with E-state index in [1.165, 1.54) is 11.3 Å². The minimum absolute atomic E-state index is 0.120. The van der Waals surface area contributed by atoms with Gasteiger partial charge in [0, 0.05) is 27.8 Å². The van der Waals surface area contributed by atoms with Crippen LogP contribution in [0.4, 0.5) is 10.8 Å². The number of nitrogens with two attached hydrogens (primary N) is 1. The Morgan fingerprint density at radius 1 is 1.19 bits per heavy atom. The second kappa shape index (κ2) is 6.32. The van der Waals surface area contributed by atoms with Crippen molar-refractivity contribution in [2.45, 2.75) is 0 Å². The van der Waals surface area contributed by atoms with E-state index >= 15 is 0 Å². The number of nitrogens with zero attached hydrogens (tertiary/aromatic N) is 1. The number of benzene rings is 2. The lowest BCUT2D eigenvalue weighted by molar-refractivity contribution is -0.110. The van der Waals surface area contributed by atoms with Crippen molar-refractivity contribution < 1.29 is 9.90 Å². The third-order valence-electron chi connectivity index (χ3n) is 3.97. The van der Waals surface area contributed by atoms with Gasteiger partial charge in [-0.3, -0.25) is 4.79 Å². The molecule has 0 spiro atoms. The molecule has 1 amide bonds. The number of anilines is 2. The molecule has 0 atom stereocenters. The number of aromatic hydroxyl groups is 1. The first-order valence-corrected chi connectivity index (χ1v) is 9.13. The Morgan fingerprint density at radius 3 is 2.58 bits per heavy atom. The number of thiazole rings is 1. The average molecular weight is 404 g/mol. The monoisotopic (exact) mass is 403 g/mol. The highest BCUT2D eigenvalue weighted by Crippen LogP contribution is 2.38. The molecular weight excluding hydrogens is 393 g/mol. The minimum atomic E-state index is -0.227. The van der Waals surface area contributed by atoms with Crippen LogP contribution in [0.2, 0.25) is 10.0 Å². The van der Waals surface area contributed by atoms with Gasteiger partial charge >= 0.3 is 0 Å². The lowest BCUT2D eigenvalue weighted by Gasteiger charge is -2.04. The number of rotatable bonds is 2. The molecule has 0 unspecified atom stereocenters. The normalized spacial score (nSPS) is 14.5. The van der Waals surface area contributed by atoms with E-state index in [1.54, 1.807) is 18.2 Å². The van der Waals surface area contributed by atoms with E-state index in [4.69, 9.17) is 28.9 Å². The molecule has 1 aromatic heterocycles. The zero-order chi connectivity index (χ0) is 18.4. The summed E-state index contributed by atoms with van der Waals surface area (Å²) >= 11 is 13.3. The quantitative estimate of drug-likeness (QED) is 0.531. The highest BCUT2D eigenvalue weighted by atomic mass is 35.5. The molecule has 1 aliphatic heterocycles. The first kappa shape index (κ1) is 16.9. The largest absolute Gasteiger partial charge is 0.505 e. The van der Waals surface area contributed by atoms with Crippen molar-refractivity contribution in [1.29, 1.82) is 0 Å². The Kier molecular flexibility index (Phi) is 4.11. The minimum Gasteiger partial charge on any atom is -0.505 e. The first-order valence-electron chi connectivity index (χ1n) is 7.49. The second-order valence-electron chi connectivity index (χ2n) is 5.68. The van der Waals surface area contributed by atoms with E-state index in [1.807, 2.05) is 23.6 Å². The summed E-state index contributed by atoms with van der Waals surface area (Å²) in [6.45, 7) is 0. The number of phenolic OH excluding ortho intramolecular Hbond substituents is 1. The molecule has 1 aliphatic rings. The predicted octanol–water partition coefficient (Wildman–Crippen LogP) is 4.90. The predicted molar refractivity (Wildman–Crippen MR) is 107 cm³/mol. The Morgan fingerprint density at radius 2 is 1.92 bits per heavy atom. The third kappa shape index (κ3) is 2.92. The number of aromatic nitrogens is 1. The summed E-state index contributed by atoms with van der Waals surface area (Å²) in [6.07, 6.45) is 1.68. The second-order valence-corrected chi connectivity index (χ2v) is 7.38. The molecule has 0 saturated heterocycles. The van der Waals surface area contributed by atoms with E-state index < -0.39 is 0 Å². The summed E-state index contributed by atoms with van der Waals surface area (Å²) in [6, 6.07) is 8.69. The summed E-state index contributed by atoms with van der Waals surface area (Å²) < 4.78 is 0. The smallest absolute Gasteiger partial charge is 0.256 e. The lowest BCUT2D eigenvalue weighted by atomic mass is 10.0. The molecule has 8 heteroatoms. The molecular formula is C18H11Cl2N3O2S. The number of carbonyl (C=O) groups excluding carboxylic acids is 1. The molecule has 2 heterocycles. The number of carbonyl (C=O) groups is 1. The molecule has 5 nitrogen and oxygen atoms in total. The number of hydrogen-bond donors (Lipinski definition) is 3. The average Bonchev–Trinajstić information content (AvgIpc) is 3.16. The molecule has 0 aliphatic carbocycles. The van der Waals surface area contributed by atoms with Gasteiger partial charge in [-0.05, 0) is 35.9 Å². The molecule has 3 aromatic rings. The van der Waals surface area contributed by atoms with Crippen LogP contribution in [0.25, 0.3) is 22.9 Å². The molecule has 2 aromatic carbocycles. The van der Waals surface area contributed by atoms with Crippen LogP contribution in [0.5, 0.6) is 5.75 Å². The number of fused-ring (bicyclic) bond motifs is 1. The van der Waals surface area contributed by atoms with E-state index in [-0.39, 0.29) is 21.7 Å². The fraction of sp³-hybridized carbons (Fsp3) is 0. The van der Waals surface area contributed by atoms with Crippen LogP contribution in [-0.4, -0.2) is 16.0 Å². The molecule has 0 fully saturated rings. The highest BCUT2D eigenvalue weighted by Gasteiger charge is 2.25. The van der Waals surface area contributed by atoms with E-state index in [9.17, 15) is 9.90 Å². The van der Waals surface area contributed by atoms with E-state index in [2.05, 4.69) is 10.3 Å². The van der Waals surface area contributed by atoms with Gasteiger partial charge in [-0.2, -0.15) is 0 Å². The SMILES string of the molecule is Nc1nc(-c2ccc3c(c2)/C(=C/c2cc(Cl)c(O)c(Cl)c2)C(=O)N3)cs1. The highest BCUT2D eigenvalue weighted by molar-refractivity contribution is 7.13. The molecule has 4 N–H and O–H groups in total. The number of phenols is 1. The fourth-order valence-corrected chi connectivity index (χ4v) is 3.82. The van der Waals surface area contributed by atoms with E-state index in [0.717, 1.165) is 16.8 Å². The van der Waals surface area contributed by atoms with Crippen LogP contribution < -0.4 is 11.1 Å². The maximum atomic E-state index is 12.4. The van der Waals surface area contributed by atoms with Crippen molar-refractivity contribution in [2.24, 2.45) is 0 Å². The van der Waals surface area contributed by atoms with Crippen LogP contribution in [-0.2, 0) is 4.79 Å². The molecule has 4 rings (SSSR count). The van der Waals surface area contributed by atoms with Gasteiger partial charge < -0.3 is 16.2 Å². The topological polar surface area (TPSA) is 88.2 Å². The van der Waals surface area contributed by atoms with Crippen LogP contribution in [0.1, 0.15) is 11.1 Å². The van der Waals surface area contributed by atoms with Gasteiger partial charge in [0.1, 0.15) is 0 Å². The molecule has 0 saturated carbocycles. The first-order chi connectivity index (χ1) is 12.4. The Labute approximate surface area is 162 Å². The Balaban J connectivity index is 1.81. The molecule has 130 valence electrons. The number of amides is 1. The van der Waals surface area contributed by atoms with Crippen molar-refractivity contribution in [3.63, 3.8) is 0 Å². The van der Waals surface area contributed by atoms with Crippen LogP contribution in [0.3, 0.4) is 0 Å². The maximum absolute atomic E-state index is 12.4. The number of halogens is 2. The van der Waals surface area contributed by atoms with Gasteiger partial charge in [-0.1, -0.05) is 29.3 Å². The summed E-state index contributed by atoms with van der Waals surface area (Å²) in [7, 11) is 0. The van der Waals surface area contributed by atoms with Crippen molar-refractivity contribution in [1.82, 2.24) is 4.98 Å². The van der Waals surface area contributed by atoms with Gasteiger partial charge in [0.15, 0.2) is 10.9 Å². The van der Waals surface area contributed by atoms with Gasteiger partial charge in [0.05, 0.1) is 15.7 Å². The van der Waals surface area contributed by atoms with Gasteiger partial charge in [0.2, 0.25) is 0 Å². The number of nitrogens with one attached hydrogen (secondary N) is 1. The Hall–Kier alpha value is -2.54. The zero-order valence-corrected chi connectivity index (χ0v) is 15.4. The number of nitrogen functional groups attached to an aromatic ring is 1. The summed E-state index contributed by atoms with van der Waals surface area (Å²) in [5.41, 5.74) is 9.87. The van der Waals surface area contributed by atoms with Crippen LogP contribution >= 0.6 is 34.5 Å². The number of hydrogen-bond acceptors (Lipinski definition) is 5. The third-order valence-corrected chi connectivity index (χ3v) is 5.22. The molecule has 0 bridgehead atoms. The molecule has 26 heavy (non-hydrogen) atoms. The van der Waals surface area contributed by atoms with E-state index in [0.29, 0.717) is 22.0 Å². The van der Waals surface area contributed by atoms with Crippen molar-refractivity contribution in [2.75, 3.05) is 11.1 Å². The Bertz CT molecular complexity index is 1070. The lowest BCUT2D eigenvalue weighted by Crippen LogP contribution is -2.03. The maximum Gasteiger partial charge on any atom is 0.256 e.